The number of rotatable bonds is 13. The maximum atomic E-state index is 14.1. The fourth-order valence-corrected chi connectivity index (χ4v) is 8.96. The zero-order chi connectivity index (χ0) is 33.5. The molecular weight excluding hydrogens is 667 g/mol. The third-order valence-corrected chi connectivity index (χ3v) is 11.5. The molecule has 1 aliphatic heterocycles. The number of aromatic nitrogens is 1. The Bertz CT molecular complexity index is 1850. The van der Waals surface area contributed by atoms with Crippen LogP contribution in [0.15, 0.2) is 131 Å². The average Bonchev–Trinajstić information content (AvgIpc) is 3.55. The molecule has 12 heteroatoms. The SMILES string of the molecule is CO/C(C)=C(\C(=O)OC(c1ccccc1)c1ccccc1)N1C(=O)C(NC(=O)COc2ccccc2)C1SSc1nc2ccccc2s1. The molecule has 2 amide bonds. The fourth-order valence-electron chi connectivity index (χ4n) is 5.05. The van der Waals surface area contributed by atoms with Crippen molar-refractivity contribution in [1.29, 1.82) is 0 Å². The van der Waals surface area contributed by atoms with Gasteiger partial charge in [-0.1, -0.05) is 102 Å². The first-order valence-electron chi connectivity index (χ1n) is 15.0. The fraction of sp³-hybridized carbons (Fsp3) is 0.167. The molecule has 1 fully saturated rings. The monoisotopic (exact) mass is 697 g/mol. The number of nitrogens with zero attached hydrogens (tertiary/aromatic N) is 2. The number of carbonyl (C=O) groups excluding carboxylic acids is 3. The molecule has 4 aromatic carbocycles. The van der Waals surface area contributed by atoms with Crippen LogP contribution in [0.25, 0.3) is 10.2 Å². The molecule has 9 nitrogen and oxygen atoms in total. The molecule has 5 aromatic rings. The number of hydrogen-bond donors (Lipinski definition) is 1. The minimum Gasteiger partial charge on any atom is -0.499 e. The van der Waals surface area contributed by atoms with Crippen molar-refractivity contribution in [2.45, 2.75) is 28.8 Å². The van der Waals surface area contributed by atoms with Crippen molar-refractivity contribution < 1.29 is 28.6 Å². The number of esters is 1. The largest absolute Gasteiger partial charge is 0.499 e. The predicted molar refractivity (Wildman–Crippen MR) is 188 cm³/mol. The van der Waals surface area contributed by atoms with Crippen LogP contribution in [-0.4, -0.2) is 52.8 Å². The quantitative estimate of drug-likeness (QED) is 0.0459. The number of β-lactam (4-membered cyclic amide) rings is 1. The molecule has 0 spiro atoms. The Labute approximate surface area is 289 Å². The standard InChI is InChI=1S/C36H31N3O6S3/c1-23(43-2)31(35(42)45-32(24-14-6-3-7-15-24)25-16-8-4-9-17-25)39-33(41)30(38-29(40)22-44-26-18-10-5-11-19-26)34(39)47-48-36-37-27-20-12-13-21-28(27)46-36/h3-21,30,32,34H,22H2,1-2H3,(H,38,40)/b31-23+. The number of benzene rings is 4. The lowest BCUT2D eigenvalue weighted by atomic mass is 10.0. The van der Waals surface area contributed by atoms with Crippen LogP contribution in [-0.2, 0) is 23.9 Å². The molecule has 1 N–H and O–H groups in total. The number of fused-ring (bicyclic) bond motifs is 1. The van der Waals surface area contributed by atoms with Crippen LogP contribution in [0.5, 0.6) is 5.75 Å². The number of thiazole rings is 1. The lowest BCUT2D eigenvalue weighted by Crippen LogP contribution is -2.69. The topological polar surface area (TPSA) is 107 Å². The summed E-state index contributed by atoms with van der Waals surface area (Å²) < 4.78 is 19.1. The minimum atomic E-state index is -0.949. The van der Waals surface area contributed by atoms with E-state index in [1.165, 1.54) is 44.9 Å². The van der Waals surface area contributed by atoms with Gasteiger partial charge in [0.05, 0.1) is 17.3 Å². The average molecular weight is 698 g/mol. The van der Waals surface area contributed by atoms with Crippen LogP contribution in [0.1, 0.15) is 24.2 Å². The molecule has 244 valence electrons. The molecule has 2 heterocycles. The summed E-state index contributed by atoms with van der Waals surface area (Å²) in [4.78, 5) is 47.0. The predicted octanol–water partition coefficient (Wildman–Crippen LogP) is 6.98. The number of methoxy groups -OCH3 is 1. The smallest absolute Gasteiger partial charge is 0.359 e. The van der Waals surface area contributed by atoms with Crippen LogP contribution in [0.2, 0.25) is 0 Å². The zero-order valence-corrected chi connectivity index (χ0v) is 28.4. The molecular formula is C36H31N3O6S3. The van der Waals surface area contributed by atoms with E-state index in [4.69, 9.17) is 19.2 Å². The van der Waals surface area contributed by atoms with E-state index in [-0.39, 0.29) is 18.1 Å². The Morgan fingerprint density at radius 2 is 1.50 bits per heavy atom. The number of hydrogen-bond acceptors (Lipinski definition) is 10. The van der Waals surface area contributed by atoms with Gasteiger partial charge in [0.2, 0.25) is 0 Å². The number of para-hydroxylation sites is 2. The maximum absolute atomic E-state index is 14.1. The minimum absolute atomic E-state index is 0.0483. The Balaban J connectivity index is 1.26. The number of allylic oxidation sites excluding steroid dienone is 1. The van der Waals surface area contributed by atoms with E-state index in [0.717, 1.165) is 25.7 Å². The highest BCUT2D eigenvalue weighted by atomic mass is 33.1. The molecule has 0 saturated carbocycles. The van der Waals surface area contributed by atoms with Gasteiger partial charge in [-0.2, -0.15) is 0 Å². The van der Waals surface area contributed by atoms with E-state index in [9.17, 15) is 14.4 Å². The van der Waals surface area contributed by atoms with Gasteiger partial charge in [-0.3, -0.25) is 14.5 Å². The summed E-state index contributed by atoms with van der Waals surface area (Å²) >= 11 is 1.52. The van der Waals surface area contributed by atoms with Crippen molar-refractivity contribution in [3.05, 3.63) is 138 Å². The van der Waals surface area contributed by atoms with E-state index in [2.05, 4.69) is 5.32 Å². The van der Waals surface area contributed by atoms with Gasteiger partial charge < -0.3 is 19.5 Å². The van der Waals surface area contributed by atoms with Crippen molar-refractivity contribution in [3.8, 4) is 5.75 Å². The van der Waals surface area contributed by atoms with Crippen LogP contribution in [0.4, 0.5) is 0 Å². The summed E-state index contributed by atoms with van der Waals surface area (Å²) in [6.07, 6.45) is -0.746. The second-order valence-corrected chi connectivity index (χ2v) is 14.2. The molecule has 1 aliphatic rings. The first-order valence-corrected chi connectivity index (χ1v) is 18.0. The highest BCUT2D eigenvalue weighted by Gasteiger charge is 2.53. The number of nitrogens with one attached hydrogen (secondary N) is 1. The highest BCUT2D eigenvalue weighted by molar-refractivity contribution is 8.77. The Morgan fingerprint density at radius 1 is 0.896 bits per heavy atom. The van der Waals surface area contributed by atoms with Gasteiger partial charge in [-0.15, -0.1) is 11.3 Å². The number of amides is 2. The van der Waals surface area contributed by atoms with Gasteiger partial charge in [0.25, 0.3) is 11.8 Å². The Kier molecular flexibility index (Phi) is 10.6. The first-order chi connectivity index (χ1) is 23.4. The van der Waals surface area contributed by atoms with Crippen LogP contribution < -0.4 is 10.1 Å². The molecule has 1 saturated heterocycles. The van der Waals surface area contributed by atoms with E-state index >= 15 is 0 Å². The van der Waals surface area contributed by atoms with Gasteiger partial charge in [-0.05, 0) is 53.1 Å². The van der Waals surface area contributed by atoms with Crippen molar-refractivity contribution >= 4 is 60.9 Å². The zero-order valence-electron chi connectivity index (χ0n) is 26.0. The summed E-state index contributed by atoms with van der Waals surface area (Å²) in [6.45, 7) is 1.32. The van der Waals surface area contributed by atoms with E-state index in [1.807, 2.05) is 91.0 Å². The van der Waals surface area contributed by atoms with Crippen molar-refractivity contribution in [3.63, 3.8) is 0 Å². The number of carbonyl (C=O) groups is 3. The summed E-state index contributed by atoms with van der Waals surface area (Å²) in [6, 6.07) is 34.6. The lowest BCUT2D eigenvalue weighted by Gasteiger charge is -2.46. The molecule has 48 heavy (non-hydrogen) atoms. The molecule has 6 rings (SSSR count). The second-order valence-electron chi connectivity index (χ2n) is 10.6. The summed E-state index contributed by atoms with van der Waals surface area (Å²) in [5, 5.41) is 2.10. The molecule has 1 aromatic heterocycles. The van der Waals surface area contributed by atoms with Gasteiger partial charge in [0.1, 0.15) is 22.9 Å². The van der Waals surface area contributed by atoms with Crippen molar-refractivity contribution in [2.24, 2.45) is 0 Å². The third-order valence-electron chi connectivity index (χ3n) is 7.47. The molecule has 0 radical (unpaired) electrons. The molecule has 0 bridgehead atoms. The van der Waals surface area contributed by atoms with E-state index in [1.54, 1.807) is 31.2 Å². The van der Waals surface area contributed by atoms with Crippen LogP contribution in [0.3, 0.4) is 0 Å². The van der Waals surface area contributed by atoms with Crippen molar-refractivity contribution in [2.75, 3.05) is 13.7 Å². The van der Waals surface area contributed by atoms with E-state index in [0.29, 0.717) is 5.75 Å². The lowest BCUT2D eigenvalue weighted by molar-refractivity contribution is -0.155. The first kappa shape index (κ1) is 33.1. The highest BCUT2D eigenvalue weighted by Crippen LogP contribution is 2.46. The molecule has 2 atom stereocenters. The van der Waals surface area contributed by atoms with Crippen molar-refractivity contribution in [1.82, 2.24) is 15.2 Å². The summed E-state index contributed by atoms with van der Waals surface area (Å²) in [7, 11) is 4.10. The van der Waals surface area contributed by atoms with E-state index < -0.39 is 35.3 Å². The third kappa shape index (κ3) is 7.51. The van der Waals surface area contributed by atoms with Gasteiger partial charge in [0, 0.05) is 0 Å². The maximum Gasteiger partial charge on any atom is 0.359 e. The van der Waals surface area contributed by atoms with Crippen LogP contribution >= 0.6 is 32.9 Å². The molecule has 0 aliphatic carbocycles. The Morgan fingerprint density at radius 3 is 2.12 bits per heavy atom. The summed E-state index contributed by atoms with van der Waals surface area (Å²) in [5.41, 5.74) is 2.35. The van der Waals surface area contributed by atoms with Gasteiger partial charge in [0.15, 0.2) is 22.7 Å². The summed E-state index contributed by atoms with van der Waals surface area (Å²) in [5.74, 6) is -0.974. The number of ether oxygens (including phenoxy) is 3. The number of likely N-dealkylation sites (tertiary alicyclic amines) is 1. The second kappa shape index (κ2) is 15.4. The molecule has 2 unspecified atom stereocenters. The van der Waals surface area contributed by atoms with Gasteiger partial charge >= 0.3 is 5.97 Å². The Hall–Kier alpha value is -4.78. The van der Waals surface area contributed by atoms with Crippen LogP contribution in [0, 0.1) is 0 Å². The normalized spacial score (nSPS) is 16.2. The van der Waals surface area contributed by atoms with Gasteiger partial charge in [-0.25, -0.2) is 9.78 Å².